The lowest BCUT2D eigenvalue weighted by Crippen LogP contribution is -2.58. The first-order chi connectivity index (χ1) is 18.2. The Morgan fingerprint density at radius 3 is 2.71 bits per heavy atom. The zero-order valence-electron chi connectivity index (χ0n) is 21.7. The molecule has 1 aliphatic heterocycles. The molecule has 2 atom stereocenters. The molecule has 1 saturated carbocycles. The van der Waals surface area contributed by atoms with Crippen molar-refractivity contribution in [2.45, 2.75) is 58.0 Å². The molecular weight excluding hydrogens is 491 g/mol. The summed E-state index contributed by atoms with van der Waals surface area (Å²) in [5, 5.41) is 8.10. The molecule has 0 radical (unpaired) electrons. The minimum absolute atomic E-state index is 0.0956. The molecule has 6 rings (SSSR count). The first kappa shape index (κ1) is 24.4. The van der Waals surface area contributed by atoms with E-state index in [1.165, 1.54) is 4.90 Å². The number of fused-ring (bicyclic) bond motifs is 2. The van der Waals surface area contributed by atoms with Gasteiger partial charge in [-0.2, -0.15) is 5.10 Å². The molecule has 1 aliphatic carbocycles. The van der Waals surface area contributed by atoms with Gasteiger partial charge in [0.05, 0.1) is 36.0 Å². The minimum Gasteiger partial charge on any atom is -0.460 e. The number of furan rings is 1. The molecule has 2 aliphatic rings. The van der Waals surface area contributed by atoms with Crippen molar-refractivity contribution in [2.75, 3.05) is 13.7 Å². The average Bonchev–Trinajstić information content (AvgIpc) is 3.39. The Bertz CT molecular complexity index is 1570. The number of rotatable bonds is 6. The summed E-state index contributed by atoms with van der Waals surface area (Å²) in [4.78, 5) is 27.5. The number of methoxy groups -OCH3 is 1. The van der Waals surface area contributed by atoms with E-state index >= 15 is 0 Å². The van der Waals surface area contributed by atoms with Gasteiger partial charge in [-0.1, -0.05) is 0 Å². The average molecular weight is 521 g/mol. The second-order valence-corrected chi connectivity index (χ2v) is 10.2. The maximum Gasteiger partial charge on any atom is 0.256 e. The number of hydrogen-bond acceptors (Lipinski definition) is 6. The molecule has 38 heavy (non-hydrogen) atoms. The van der Waals surface area contributed by atoms with Crippen LogP contribution in [0.5, 0.6) is 11.5 Å². The van der Waals surface area contributed by atoms with Crippen molar-refractivity contribution >= 4 is 28.3 Å². The SMILES string of the molecule is COC1CC(NC(=O)c2c(C)oc3cc(Oc4ccnn5cc(C(=O)N6C[C@H](F)[C@H]6C)c(C)c45)ccc23)C1. The number of carbonyl (C=O) groups is 2. The molecule has 0 unspecified atom stereocenters. The number of nitrogens with zero attached hydrogens (tertiary/aromatic N) is 3. The Balaban J connectivity index is 1.26. The van der Waals surface area contributed by atoms with Crippen LogP contribution in [0, 0.1) is 13.8 Å². The number of aromatic nitrogens is 2. The van der Waals surface area contributed by atoms with Crippen LogP contribution in [0.2, 0.25) is 0 Å². The molecule has 0 spiro atoms. The van der Waals surface area contributed by atoms with Crippen molar-refractivity contribution in [2.24, 2.45) is 0 Å². The lowest BCUT2D eigenvalue weighted by atomic mass is 9.89. The fraction of sp³-hybridized carbons (Fsp3) is 0.393. The summed E-state index contributed by atoms with van der Waals surface area (Å²) < 4.78 is 32.7. The van der Waals surface area contributed by atoms with Crippen molar-refractivity contribution in [1.82, 2.24) is 19.8 Å². The van der Waals surface area contributed by atoms with Gasteiger partial charge < -0.3 is 24.1 Å². The van der Waals surface area contributed by atoms with Crippen molar-refractivity contribution in [3.8, 4) is 11.5 Å². The van der Waals surface area contributed by atoms with Crippen LogP contribution in [0.25, 0.3) is 16.5 Å². The van der Waals surface area contributed by atoms with Crippen LogP contribution in [0.4, 0.5) is 4.39 Å². The van der Waals surface area contributed by atoms with Gasteiger partial charge in [0.1, 0.15) is 28.8 Å². The van der Waals surface area contributed by atoms with Gasteiger partial charge in [-0.15, -0.1) is 0 Å². The highest BCUT2D eigenvalue weighted by molar-refractivity contribution is 6.07. The summed E-state index contributed by atoms with van der Waals surface area (Å²) in [5.74, 6) is 1.17. The van der Waals surface area contributed by atoms with Gasteiger partial charge in [0, 0.05) is 36.9 Å². The molecule has 0 bridgehead atoms. The Hall–Kier alpha value is -3.92. The van der Waals surface area contributed by atoms with E-state index in [4.69, 9.17) is 13.9 Å². The molecule has 9 nitrogen and oxygen atoms in total. The van der Waals surface area contributed by atoms with Gasteiger partial charge in [-0.3, -0.25) is 9.59 Å². The second-order valence-electron chi connectivity index (χ2n) is 10.2. The summed E-state index contributed by atoms with van der Waals surface area (Å²) in [6, 6.07) is 6.71. The van der Waals surface area contributed by atoms with Crippen molar-refractivity contribution in [1.29, 1.82) is 0 Å². The third-order valence-corrected chi connectivity index (χ3v) is 7.82. The summed E-state index contributed by atoms with van der Waals surface area (Å²) in [6.07, 6.45) is 4.04. The van der Waals surface area contributed by atoms with E-state index in [1.807, 2.05) is 13.0 Å². The molecule has 3 aromatic heterocycles. The third-order valence-electron chi connectivity index (χ3n) is 7.82. The van der Waals surface area contributed by atoms with E-state index in [-0.39, 0.29) is 30.5 Å². The molecular formula is C28H29FN4O5. The molecule has 2 amide bonds. The highest BCUT2D eigenvalue weighted by Gasteiger charge is 2.40. The Labute approximate surface area is 218 Å². The monoisotopic (exact) mass is 520 g/mol. The molecule has 10 heteroatoms. The van der Waals surface area contributed by atoms with Gasteiger partial charge in [0.25, 0.3) is 11.8 Å². The predicted molar refractivity (Wildman–Crippen MR) is 138 cm³/mol. The maximum atomic E-state index is 13.7. The first-order valence-corrected chi connectivity index (χ1v) is 12.7. The predicted octanol–water partition coefficient (Wildman–Crippen LogP) is 4.58. The number of likely N-dealkylation sites (tertiary alicyclic amines) is 1. The van der Waals surface area contributed by atoms with E-state index in [2.05, 4.69) is 10.4 Å². The summed E-state index contributed by atoms with van der Waals surface area (Å²) >= 11 is 0. The summed E-state index contributed by atoms with van der Waals surface area (Å²) in [7, 11) is 1.68. The van der Waals surface area contributed by atoms with Crippen molar-refractivity contribution in [3.63, 3.8) is 0 Å². The highest BCUT2D eigenvalue weighted by atomic mass is 19.1. The minimum atomic E-state index is -0.999. The van der Waals surface area contributed by atoms with E-state index in [0.717, 1.165) is 12.8 Å². The zero-order valence-corrected chi connectivity index (χ0v) is 21.7. The molecule has 4 aromatic rings. The molecule has 1 N–H and O–H groups in total. The third kappa shape index (κ3) is 3.91. The van der Waals surface area contributed by atoms with Crippen molar-refractivity contribution in [3.05, 3.63) is 59.1 Å². The van der Waals surface area contributed by atoms with Crippen LogP contribution >= 0.6 is 0 Å². The quantitative estimate of drug-likeness (QED) is 0.400. The lowest BCUT2D eigenvalue weighted by molar-refractivity contribution is 0.00637. The normalized spacial score (nSPS) is 22.8. The van der Waals surface area contributed by atoms with Gasteiger partial charge >= 0.3 is 0 Å². The number of carbonyl (C=O) groups excluding carboxylic acids is 2. The topological polar surface area (TPSA) is 98.3 Å². The highest BCUT2D eigenvalue weighted by Crippen LogP contribution is 2.35. The number of ether oxygens (including phenoxy) is 2. The van der Waals surface area contributed by atoms with E-state index in [1.54, 1.807) is 56.1 Å². The fourth-order valence-electron chi connectivity index (χ4n) is 5.31. The fourth-order valence-corrected chi connectivity index (χ4v) is 5.31. The number of aryl methyl sites for hydroxylation is 2. The lowest BCUT2D eigenvalue weighted by Gasteiger charge is -2.41. The summed E-state index contributed by atoms with van der Waals surface area (Å²) in [5.41, 5.74) is 2.86. The van der Waals surface area contributed by atoms with Gasteiger partial charge in [-0.25, -0.2) is 8.91 Å². The largest absolute Gasteiger partial charge is 0.460 e. The van der Waals surface area contributed by atoms with Crippen LogP contribution in [0.3, 0.4) is 0 Å². The summed E-state index contributed by atoms with van der Waals surface area (Å²) in [6.45, 7) is 5.40. The number of hydrogen-bond donors (Lipinski definition) is 1. The van der Waals surface area contributed by atoms with Crippen LogP contribution < -0.4 is 10.1 Å². The Morgan fingerprint density at radius 1 is 1.21 bits per heavy atom. The number of alkyl halides is 1. The van der Waals surface area contributed by atoms with Crippen LogP contribution in [0.1, 0.15) is 51.8 Å². The number of nitrogens with one attached hydrogen (secondary N) is 1. The van der Waals surface area contributed by atoms with E-state index in [0.29, 0.717) is 50.4 Å². The van der Waals surface area contributed by atoms with E-state index < -0.39 is 12.2 Å². The molecule has 1 saturated heterocycles. The smallest absolute Gasteiger partial charge is 0.256 e. The number of amides is 2. The molecule has 1 aromatic carbocycles. The Morgan fingerprint density at radius 2 is 2.00 bits per heavy atom. The maximum absolute atomic E-state index is 13.7. The Kier molecular flexibility index (Phi) is 5.86. The van der Waals surface area contributed by atoms with Crippen molar-refractivity contribution < 1.29 is 27.9 Å². The molecule has 2 fully saturated rings. The second kappa shape index (κ2) is 9.13. The van der Waals surface area contributed by atoms with Gasteiger partial charge in [0.2, 0.25) is 0 Å². The zero-order chi connectivity index (χ0) is 26.7. The van der Waals surface area contributed by atoms with Crippen LogP contribution in [0.15, 0.2) is 41.1 Å². The molecule has 198 valence electrons. The standard InChI is InChI=1S/C28H29FN4O5/c1-14-21(28(35)32-13-22(29)15(32)2)12-33-26(14)23(7-8-30-33)38-18-5-6-20-24(11-18)37-16(3)25(20)27(34)31-17-9-19(10-17)36-4/h5-8,11-12,15,17,19,22H,9-10,13H2,1-4H3,(H,31,34)/t15-,17?,19?,22+/m1/s1. The number of halogens is 1. The van der Waals surface area contributed by atoms with Gasteiger partial charge in [0.15, 0.2) is 5.75 Å². The molecule has 4 heterocycles. The number of benzene rings is 1. The van der Waals surface area contributed by atoms with Crippen LogP contribution in [-0.2, 0) is 4.74 Å². The van der Waals surface area contributed by atoms with Gasteiger partial charge in [-0.05, 0) is 51.3 Å². The van der Waals surface area contributed by atoms with Crippen LogP contribution in [-0.4, -0.2) is 64.3 Å². The first-order valence-electron chi connectivity index (χ1n) is 12.7. The van der Waals surface area contributed by atoms with E-state index in [9.17, 15) is 14.0 Å².